The number of para-hydroxylation sites is 2. The fraction of sp³-hybridized carbons (Fsp3) is 0.118. The highest BCUT2D eigenvalue weighted by atomic mass is 16.5. The molecule has 0 bridgehead atoms. The Kier molecular flexibility index (Phi) is 3.25. The molecule has 0 amide bonds. The molecular weight excluding hydrogens is 248 g/mol. The van der Waals surface area contributed by atoms with E-state index in [-0.39, 0.29) is 0 Å². The molecule has 0 fully saturated rings. The Morgan fingerprint density at radius 3 is 2.85 bits per heavy atom. The van der Waals surface area contributed by atoms with Gasteiger partial charge in [0.1, 0.15) is 11.6 Å². The van der Waals surface area contributed by atoms with E-state index in [0.717, 1.165) is 40.2 Å². The predicted octanol–water partition coefficient (Wildman–Crippen LogP) is 3.97. The molecule has 2 aromatic carbocycles. The minimum atomic E-state index is 0.775. The Balaban J connectivity index is 2.08. The second kappa shape index (κ2) is 5.21. The number of imidazole rings is 1. The fourth-order valence-electron chi connectivity index (χ4n) is 2.33. The molecule has 0 saturated heterocycles. The summed E-state index contributed by atoms with van der Waals surface area (Å²) in [6.45, 7) is 3.79. The normalized spacial score (nSPS) is 10.7. The zero-order chi connectivity index (χ0) is 13.9. The molecule has 0 spiro atoms. The number of aromatic amines is 1. The lowest BCUT2D eigenvalue weighted by Crippen LogP contribution is -1.92. The van der Waals surface area contributed by atoms with E-state index in [4.69, 9.17) is 4.74 Å². The van der Waals surface area contributed by atoms with Gasteiger partial charge in [-0.2, -0.15) is 0 Å². The average Bonchev–Trinajstić information content (AvgIpc) is 2.91. The standard InChI is InChI=1S/C17H16N2O/c1-3-6-12-11-13(9-10-16(12)20-2)17-18-14-7-4-5-8-15(14)19-17/h3-5,7-11H,1,6H2,2H3,(H,18,19). The van der Waals surface area contributed by atoms with Crippen molar-refractivity contribution in [1.29, 1.82) is 0 Å². The minimum absolute atomic E-state index is 0.775. The monoisotopic (exact) mass is 264 g/mol. The Morgan fingerprint density at radius 1 is 1.25 bits per heavy atom. The van der Waals surface area contributed by atoms with Gasteiger partial charge >= 0.3 is 0 Å². The van der Waals surface area contributed by atoms with Gasteiger partial charge in [-0.05, 0) is 42.3 Å². The summed E-state index contributed by atoms with van der Waals surface area (Å²) in [5.41, 5.74) is 4.19. The third-order valence-electron chi connectivity index (χ3n) is 3.31. The summed E-state index contributed by atoms with van der Waals surface area (Å²) in [4.78, 5) is 7.96. The van der Waals surface area contributed by atoms with Gasteiger partial charge in [0.15, 0.2) is 0 Å². The van der Waals surface area contributed by atoms with Crippen LogP contribution in [0.5, 0.6) is 5.75 Å². The molecule has 1 aromatic heterocycles. The third kappa shape index (κ3) is 2.18. The van der Waals surface area contributed by atoms with Gasteiger partial charge in [0.05, 0.1) is 18.1 Å². The molecule has 1 N–H and O–H groups in total. The molecule has 3 aromatic rings. The lowest BCUT2D eigenvalue weighted by molar-refractivity contribution is 0.411. The molecule has 0 aliphatic rings. The van der Waals surface area contributed by atoms with Gasteiger partial charge in [0.2, 0.25) is 0 Å². The van der Waals surface area contributed by atoms with Crippen LogP contribution in [0, 0.1) is 0 Å². The number of methoxy groups -OCH3 is 1. The van der Waals surface area contributed by atoms with Crippen molar-refractivity contribution >= 4 is 11.0 Å². The largest absolute Gasteiger partial charge is 0.496 e. The summed E-state index contributed by atoms with van der Waals surface area (Å²) < 4.78 is 5.37. The van der Waals surface area contributed by atoms with Gasteiger partial charge in [0.25, 0.3) is 0 Å². The molecular formula is C17H16N2O. The van der Waals surface area contributed by atoms with E-state index in [1.54, 1.807) is 7.11 Å². The van der Waals surface area contributed by atoms with Crippen LogP contribution in [0.25, 0.3) is 22.4 Å². The van der Waals surface area contributed by atoms with Crippen LogP contribution in [0.1, 0.15) is 5.56 Å². The first-order valence-electron chi connectivity index (χ1n) is 6.55. The quantitative estimate of drug-likeness (QED) is 0.724. The van der Waals surface area contributed by atoms with Crippen molar-refractivity contribution < 1.29 is 4.74 Å². The van der Waals surface area contributed by atoms with Gasteiger partial charge in [-0.3, -0.25) is 0 Å². The Hall–Kier alpha value is -2.55. The average molecular weight is 264 g/mol. The maximum Gasteiger partial charge on any atom is 0.138 e. The molecule has 3 heteroatoms. The van der Waals surface area contributed by atoms with E-state index in [1.807, 2.05) is 42.5 Å². The van der Waals surface area contributed by atoms with Gasteiger partial charge in [-0.1, -0.05) is 18.2 Å². The lowest BCUT2D eigenvalue weighted by atomic mass is 10.1. The summed E-state index contributed by atoms with van der Waals surface area (Å²) >= 11 is 0. The summed E-state index contributed by atoms with van der Waals surface area (Å²) in [7, 11) is 1.68. The first kappa shape index (κ1) is 12.5. The molecule has 0 saturated carbocycles. The molecule has 0 atom stereocenters. The molecule has 3 nitrogen and oxygen atoms in total. The number of hydrogen-bond donors (Lipinski definition) is 1. The minimum Gasteiger partial charge on any atom is -0.496 e. The summed E-state index contributed by atoms with van der Waals surface area (Å²) in [5.74, 6) is 1.75. The SMILES string of the molecule is C=CCc1cc(-c2nc3ccccc3[nH]2)ccc1OC. The van der Waals surface area contributed by atoms with Gasteiger partial charge in [-0.15, -0.1) is 6.58 Å². The van der Waals surface area contributed by atoms with Crippen LogP contribution in [0.3, 0.4) is 0 Å². The number of aromatic nitrogens is 2. The highest BCUT2D eigenvalue weighted by Crippen LogP contribution is 2.27. The van der Waals surface area contributed by atoms with Crippen LogP contribution >= 0.6 is 0 Å². The van der Waals surface area contributed by atoms with Crippen LogP contribution < -0.4 is 4.74 Å². The van der Waals surface area contributed by atoms with E-state index in [2.05, 4.69) is 22.6 Å². The molecule has 0 aliphatic carbocycles. The Bertz CT molecular complexity index is 726. The number of rotatable bonds is 4. The van der Waals surface area contributed by atoms with Crippen LogP contribution in [0.15, 0.2) is 55.1 Å². The van der Waals surface area contributed by atoms with Crippen molar-refractivity contribution in [2.75, 3.05) is 7.11 Å². The highest BCUT2D eigenvalue weighted by Gasteiger charge is 2.08. The van der Waals surface area contributed by atoms with Crippen LogP contribution in [-0.4, -0.2) is 17.1 Å². The van der Waals surface area contributed by atoms with Crippen LogP contribution in [0.4, 0.5) is 0 Å². The highest BCUT2D eigenvalue weighted by molar-refractivity contribution is 5.79. The van der Waals surface area contributed by atoms with Gasteiger partial charge < -0.3 is 9.72 Å². The van der Waals surface area contributed by atoms with E-state index in [9.17, 15) is 0 Å². The summed E-state index contributed by atoms with van der Waals surface area (Å²) in [5, 5.41) is 0. The maximum atomic E-state index is 5.37. The van der Waals surface area contributed by atoms with Crippen molar-refractivity contribution in [3.8, 4) is 17.1 Å². The first-order valence-corrected chi connectivity index (χ1v) is 6.55. The number of nitrogens with zero attached hydrogens (tertiary/aromatic N) is 1. The van der Waals surface area contributed by atoms with Crippen molar-refractivity contribution in [3.05, 3.63) is 60.7 Å². The van der Waals surface area contributed by atoms with E-state index in [0.29, 0.717) is 0 Å². The maximum absolute atomic E-state index is 5.37. The van der Waals surface area contributed by atoms with E-state index in [1.165, 1.54) is 0 Å². The molecule has 0 unspecified atom stereocenters. The number of fused-ring (bicyclic) bond motifs is 1. The predicted molar refractivity (Wildman–Crippen MR) is 82.0 cm³/mol. The zero-order valence-corrected chi connectivity index (χ0v) is 11.4. The molecule has 0 radical (unpaired) electrons. The van der Waals surface area contributed by atoms with Crippen LogP contribution in [-0.2, 0) is 6.42 Å². The second-order valence-electron chi connectivity index (χ2n) is 4.62. The Labute approximate surface area is 117 Å². The second-order valence-corrected chi connectivity index (χ2v) is 4.62. The van der Waals surface area contributed by atoms with E-state index >= 15 is 0 Å². The van der Waals surface area contributed by atoms with Crippen LogP contribution in [0.2, 0.25) is 0 Å². The van der Waals surface area contributed by atoms with Crippen molar-refractivity contribution in [2.24, 2.45) is 0 Å². The molecule has 0 aliphatic heterocycles. The number of nitrogens with one attached hydrogen (secondary N) is 1. The fourth-order valence-corrected chi connectivity index (χ4v) is 2.33. The molecule has 100 valence electrons. The smallest absolute Gasteiger partial charge is 0.138 e. The summed E-state index contributed by atoms with van der Waals surface area (Å²) in [6, 6.07) is 14.1. The zero-order valence-electron chi connectivity index (χ0n) is 11.4. The number of benzene rings is 2. The number of H-pyrrole nitrogens is 1. The molecule has 20 heavy (non-hydrogen) atoms. The molecule has 1 heterocycles. The summed E-state index contributed by atoms with van der Waals surface area (Å²) in [6.07, 6.45) is 2.65. The third-order valence-corrected chi connectivity index (χ3v) is 3.31. The van der Waals surface area contributed by atoms with Gasteiger partial charge in [0, 0.05) is 5.56 Å². The van der Waals surface area contributed by atoms with Crippen molar-refractivity contribution in [1.82, 2.24) is 9.97 Å². The number of hydrogen-bond acceptors (Lipinski definition) is 2. The first-order chi connectivity index (χ1) is 9.81. The topological polar surface area (TPSA) is 37.9 Å². The van der Waals surface area contributed by atoms with Crippen molar-refractivity contribution in [2.45, 2.75) is 6.42 Å². The van der Waals surface area contributed by atoms with Crippen molar-refractivity contribution in [3.63, 3.8) is 0 Å². The lowest BCUT2D eigenvalue weighted by Gasteiger charge is -2.08. The van der Waals surface area contributed by atoms with Gasteiger partial charge in [-0.25, -0.2) is 4.98 Å². The number of ether oxygens (including phenoxy) is 1. The van der Waals surface area contributed by atoms with E-state index < -0.39 is 0 Å². The number of allylic oxidation sites excluding steroid dienone is 1. The molecule has 3 rings (SSSR count). The Morgan fingerprint density at radius 2 is 2.10 bits per heavy atom.